The third-order valence-corrected chi connectivity index (χ3v) is 11.1. The minimum absolute atomic E-state index is 0.559. The summed E-state index contributed by atoms with van der Waals surface area (Å²) in [5, 5.41) is 17.9. The van der Waals surface area contributed by atoms with Gasteiger partial charge in [0.25, 0.3) is 0 Å². The van der Waals surface area contributed by atoms with Gasteiger partial charge in [-0.1, -0.05) is 115 Å². The Morgan fingerprint density at radius 2 is 0.891 bits per heavy atom. The van der Waals surface area contributed by atoms with E-state index >= 15 is 0 Å². The van der Waals surface area contributed by atoms with Crippen molar-refractivity contribution < 1.29 is 0 Å². The second-order valence-electron chi connectivity index (χ2n) is 13.9. The van der Waals surface area contributed by atoms with Gasteiger partial charge in [0, 0.05) is 54.6 Å². The van der Waals surface area contributed by atoms with E-state index in [4.69, 9.17) is 6.57 Å². The van der Waals surface area contributed by atoms with E-state index in [1.54, 1.807) is 0 Å². The largest absolute Gasteiger partial charge is 0.309 e. The topological polar surface area (TPSA) is 42.9 Å². The van der Waals surface area contributed by atoms with Gasteiger partial charge in [0.05, 0.1) is 51.1 Å². The summed E-state index contributed by atoms with van der Waals surface area (Å²) in [5.74, 6) is 0. The Bertz CT molecular complexity index is 3420. The van der Waals surface area contributed by atoms with Gasteiger partial charge >= 0.3 is 0 Å². The average Bonchev–Trinajstić information content (AvgIpc) is 3.88. The second-order valence-corrected chi connectivity index (χ2v) is 13.9. The van der Waals surface area contributed by atoms with Crippen molar-refractivity contribution in [1.82, 2.24) is 13.7 Å². The first-order valence-electron chi connectivity index (χ1n) is 18.3. The van der Waals surface area contributed by atoms with Crippen LogP contribution in [0, 0.1) is 17.9 Å². The number of nitrogens with zero attached hydrogens (tertiary/aromatic N) is 5. The third kappa shape index (κ3) is 4.39. The van der Waals surface area contributed by atoms with Gasteiger partial charge in [-0.05, 0) is 60.7 Å². The number of benzene rings is 8. The molecule has 3 aromatic heterocycles. The molecule has 0 aliphatic rings. The van der Waals surface area contributed by atoms with Crippen molar-refractivity contribution >= 4 is 71.1 Å². The monoisotopic (exact) mass is 699 g/mol. The molecule has 0 amide bonds. The lowest BCUT2D eigenvalue weighted by Gasteiger charge is -2.17. The predicted octanol–water partition coefficient (Wildman–Crippen LogP) is 13.1. The van der Waals surface area contributed by atoms with Crippen LogP contribution in [0.25, 0.3) is 98.5 Å². The molecule has 0 spiro atoms. The summed E-state index contributed by atoms with van der Waals surface area (Å²) < 4.78 is 6.84. The van der Waals surface area contributed by atoms with Crippen molar-refractivity contribution in [3.05, 3.63) is 193 Å². The molecule has 0 aliphatic carbocycles. The summed E-state index contributed by atoms with van der Waals surface area (Å²) in [6.45, 7) is 7.73. The van der Waals surface area contributed by atoms with Gasteiger partial charge in [-0.15, -0.1) is 0 Å². The van der Waals surface area contributed by atoms with Crippen LogP contribution in [0.1, 0.15) is 5.56 Å². The number of nitriles is 1. The summed E-state index contributed by atoms with van der Waals surface area (Å²) in [6.07, 6.45) is 0. The van der Waals surface area contributed by atoms with Gasteiger partial charge in [-0.2, -0.15) is 5.26 Å². The molecule has 0 aliphatic heterocycles. The van der Waals surface area contributed by atoms with Gasteiger partial charge in [0.2, 0.25) is 0 Å². The fourth-order valence-corrected chi connectivity index (χ4v) is 8.81. The van der Waals surface area contributed by atoms with Crippen LogP contribution >= 0.6 is 0 Å². The van der Waals surface area contributed by atoms with E-state index in [-0.39, 0.29) is 0 Å². The molecule has 55 heavy (non-hydrogen) atoms. The fourth-order valence-electron chi connectivity index (χ4n) is 8.81. The highest BCUT2D eigenvalue weighted by Crippen LogP contribution is 2.42. The molecule has 0 saturated carbocycles. The first-order valence-corrected chi connectivity index (χ1v) is 18.3. The highest BCUT2D eigenvalue weighted by atomic mass is 15.0. The normalized spacial score (nSPS) is 11.6. The Labute approximate surface area is 316 Å². The van der Waals surface area contributed by atoms with Crippen molar-refractivity contribution in [2.24, 2.45) is 0 Å². The zero-order valence-electron chi connectivity index (χ0n) is 29.5. The van der Waals surface area contributed by atoms with Crippen molar-refractivity contribution in [3.63, 3.8) is 0 Å². The Hall–Kier alpha value is -7.86. The van der Waals surface area contributed by atoms with Crippen LogP contribution in [0.15, 0.2) is 176 Å². The summed E-state index contributed by atoms with van der Waals surface area (Å²) in [5.41, 5.74) is 12.2. The van der Waals surface area contributed by atoms with Gasteiger partial charge in [-0.25, -0.2) is 4.85 Å². The van der Waals surface area contributed by atoms with Crippen molar-refractivity contribution in [2.75, 3.05) is 0 Å². The molecule has 0 bridgehead atoms. The quantitative estimate of drug-likeness (QED) is 0.169. The van der Waals surface area contributed by atoms with Gasteiger partial charge in [-0.3, -0.25) is 0 Å². The van der Waals surface area contributed by atoms with Gasteiger partial charge < -0.3 is 13.7 Å². The van der Waals surface area contributed by atoms with Gasteiger partial charge in [0.15, 0.2) is 5.69 Å². The standard InChI is InChI=1S/C50H29N5/c1-52-32-25-27-40-38-16-5-10-22-46(38)55(50(40)29-32)48-24-12-18-34(42(48)31-51)35-13-2-9-21-45(35)54-47-23-11-6-17-39(47)41-30-33(26-28-49(41)54)53-43-19-7-3-14-36(43)37-15-4-8-20-44(37)53/h2-30H. The number of rotatable bonds is 4. The van der Waals surface area contributed by atoms with Crippen LogP contribution in [-0.4, -0.2) is 13.7 Å². The molecule has 11 aromatic rings. The van der Waals surface area contributed by atoms with E-state index < -0.39 is 0 Å². The molecule has 8 aromatic carbocycles. The highest BCUT2D eigenvalue weighted by molar-refractivity contribution is 6.13. The molecular formula is C50H29N5. The molecule has 0 fully saturated rings. The Morgan fingerprint density at radius 1 is 0.400 bits per heavy atom. The fraction of sp³-hybridized carbons (Fsp3) is 0. The van der Waals surface area contributed by atoms with E-state index in [1.807, 2.05) is 54.6 Å². The number of para-hydroxylation sites is 5. The predicted molar refractivity (Wildman–Crippen MR) is 226 cm³/mol. The molecule has 0 atom stereocenters. The van der Waals surface area contributed by atoms with Gasteiger partial charge in [0.1, 0.15) is 6.07 Å². The SMILES string of the molecule is [C-]#[N+]c1ccc2c3ccccc3n(-c3cccc(-c4ccccc4-n4c5ccccc5c5cc(-n6c7ccccc7c7ccccc76)ccc54)c3C#N)c2c1. The van der Waals surface area contributed by atoms with Crippen LogP contribution in [0.5, 0.6) is 0 Å². The average molecular weight is 700 g/mol. The summed E-state index contributed by atoms with van der Waals surface area (Å²) in [7, 11) is 0. The van der Waals surface area contributed by atoms with Crippen LogP contribution in [0.2, 0.25) is 0 Å². The molecular weight excluding hydrogens is 671 g/mol. The van der Waals surface area contributed by atoms with Crippen LogP contribution in [-0.2, 0) is 0 Å². The molecule has 0 radical (unpaired) electrons. The molecule has 5 nitrogen and oxygen atoms in total. The summed E-state index contributed by atoms with van der Waals surface area (Å²) >= 11 is 0. The molecule has 0 N–H and O–H groups in total. The maximum atomic E-state index is 11.0. The van der Waals surface area contributed by atoms with Crippen molar-refractivity contribution in [1.29, 1.82) is 5.26 Å². The van der Waals surface area contributed by atoms with Crippen LogP contribution < -0.4 is 0 Å². The van der Waals surface area contributed by atoms with Crippen molar-refractivity contribution in [2.45, 2.75) is 0 Å². The molecule has 0 saturated heterocycles. The molecule has 0 unspecified atom stereocenters. The zero-order valence-corrected chi connectivity index (χ0v) is 29.5. The van der Waals surface area contributed by atoms with E-state index in [0.29, 0.717) is 11.3 Å². The Morgan fingerprint density at radius 3 is 1.53 bits per heavy atom. The highest BCUT2D eigenvalue weighted by Gasteiger charge is 2.22. The molecule has 254 valence electrons. The van der Waals surface area contributed by atoms with E-state index in [0.717, 1.165) is 71.8 Å². The third-order valence-electron chi connectivity index (χ3n) is 11.1. The minimum atomic E-state index is 0.559. The maximum Gasteiger partial charge on any atom is 0.189 e. The number of hydrogen-bond acceptors (Lipinski definition) is 1. The maximum absolute atomic E-state index is 11.0. The molecule has 5 heteroatoms. The van der Waals surface area contributed by atoms with Crippen molar-refractivity contribution in [3.8, 4) is 34.3 Å². The Kier molecular flexibility index (Phi) is 6.61. The first-order chi connectivity index (χ1) is 27.2. The minimum Gasteiger partial charge on any atom is -0.309 e. The van der Waals surface area contributed by atoms with E-state index in [9.17, 15) is 5.26 Å². The smallest absolute Gasteiger partial charge is 0.189 e. The second kappa shape index (κ2) is 11.8. The summed E-state index contributed by atoms with van der Waals surface area (Å²) in [4.78, 5) is 3.74. The Balaban J connectivity index is 1.15. The number of aromatic nitrogens is 3. The van der Waals surface area contributed by atoms with Crippen LogP contribution in [0.4, 0.5) is 5.69 Å². The van der Waals surface area contributed by atoms with Crippen LogP contribution in [0.3, 0.4) is 0 Å². The number of fused-ring (bicyclic) bond motifs is 9. The van der Waals surface area contributed by atoms with E-state index in [1.165, 1.54) is 21.8 Å². The summed E-state index contributed by atoms with van der Waals surface area (Å²) in [6, 6.07) is 63.7. The molecule has 11 rings (SSSR count). The van der Waals surface area contributed by atoms with E-state index in [2.05, 4.69) is 146 Å². The lowest BCUT2D eigenvalue weighted by Crippen LogP contribution is -2.02. The zero-order chi connectivity index (χ0) is 36.6. The lowest BCUT2D eigenvalue weighted by molar-refractivity contribution is 1.16. The molecule has 3 heterocycles. The number of hydrogen-bond donors (Lipinski definition) is 0. The first kappa shape index (κ1) is 30.7. The lowest BCUT2D eigenvalue weighted by atomic mass is 9.96.